The molecule has 0 aliphatic heterocycles. The van der Waals surface area contributed by atoms with Crippen LogP contribution in [0.25, 0.3) is 10.8 Å². The van der Waals surface area contributed by atoms with E-state index in [4.69, 9.17) is 0 Å². The second-order valence-electron chi connectivity index (χ2n) is 7.24. The van der Waals surface area contributed by atoms with Gasteiger partial charge in [0.05, 0.1) is 11.3 Å². The molecule has 7 heteroatoms. The molecule has 0 radical (unpaired) electrons. The van der Waals surface area contributed by atoms with Crippen LogP contribution in [0, 0.1) is 5.92 Å². The monoisotopic (exact) mass is 402 g/mol. The minimum absolute atomic E-state index is 0.0350. The van der Waals surface area contributed by atoms with Crippen LogP contribution in [-0.2, 0) is 4.79 Å². The van der Waals surface area contributed by atoms with Crippen molar-refractivity contribution in [2.45, 2.75) is 12.8 Å². The molecule has 1 saturated carbocycles. The van der Waals surface area contributed by atoms with Crippen LogP contribution in [0.5, 0.6) is 0 Å². The normalized spacial score (nSPS) is 12.8. The third-order valence-corrected chi connectivity index (χ3v) is 4.96. The zero-order valence-electron chi connectivity index (χ0n) is 16.5. The van der Waals surface area contributed by atoms with E-state index in [-0.39, 0.29) is 23.8 Å². The summed E-state index contributed by atoms with van der Waals surface area (Å²) in [6.45, 7) is 0. The summed E-state index contributed by atoms with van der Waals surface area (Å²) >= 11 is 0. The highest BCUT2D eigenvalue weighted by atomic mass is 16.2. The summed E-state index contributed by atoms with van der Waals surface area (Å²) in [4.78, 5) is 36.7. The van der Waals surface area contributed by atoms with Gasteiger partial charge >= 0.3 is 6.03 Å². The number of fused-ring (bicyclic) bond motifs is 1. The van der Waals surface area contributed by atoms with Gasteiger partial charge in [0, 0.05) is 24.3 Å². The van der Waals surface area contributed by atoms with E-state index in [1.54, 1.807) is 30.3 Å². The lowest BCUT2D eigenvalue weighted by Gasteiger charge is -2.13. The fraction of sp³-hybridized carbons (Fsp3) is 0.174. The molecular weight excluding hydrogens is 380 g/mol. The topological polar surface area (TPSA) is 99.3 Å². The second-order valence-corrected chi connectivity index (χ2v) is 7.24. The number of carbonyl (C=O) groups is 3. The maximum Gasteiger partial charge on any atom is 0.318 e. The Labute approximate surface area is 173 Å². The molecule has 1 aliphatic rings. The zero-order chi connectivity index (χ0) is 21.1. The standard InChI is InChI=1S/C23H22N4O3/c1-24-23(30)26-18-10-8-17(9-11-18)25-22(29)19-12-15-4-2-3-5-16(15)13-20(19)27-21(28)14-6-7-14/h2-5,8-14H,6-7H2,1H3,(H,25,29)(H,27,28)(H2,24,26,30). The molecule has 0 saturated heterocycles. The van der Waals surface area contributed by atoms with Crippen LogP contribution in [0.15, 0.2) is 60.7 Å². The number of benzene rings is 3. The van der Waals surface area contributed by atoms with Crippen LogP contribution in [0.3, 0.4) is 0 Å². The van der Waals surface area contributed by atoms with E-state index < -0.39 is 0 Å². The summed E-state index contributed by atoms with van der Waals surface area (Å²) in [5.74, 6) is -0.337. The molecule has 1 fully saturated rings. The van der Waals surface area contributed by atoms with Crippen LogP contribution < -0.4 is 21.3 Å². The number of anilines is 3. The molecular formula is C23H22N4O3. The number of amides is 4. The van der Waals surface area contributed by atoms with Crippen molar-refractivity contribution in [3.63, 3.8) is 0 Å². The van der Waals surface area contributed by atoms with Gasteiger partial charge in [0.15, 0.2) is 0 Å². The lowest BCUT2D eigenvalue weighted by Crippen LogP contribution is -2.24. The Balaban J connectivity index is 1.58. The first-order chi connectivity index (χ1) is 14.5. The Hall–Kier alpha value is -3.87. The molecule has 0 atom stereocenters. The Kier molecular flexibility index (Phi) is 5.34. The lowest BCUT2D eigenvalue weighted by atomic mass is 10.0. The predicted molar refractivity (Wildman–Crippen MR) is 118 cm³/mol. The van der Waals surface area contributed by atoms with E-state index in [1.807, 2.05) is 30.3 Å². The number of urea groups is 1. The number of nitrogens with one attached hydrogen (secondary N) is 4. The number of rotatable bonds is 5. The highest BCUT2D eigenvalue weighted by Gasteiger charge is 2.30. The minimum Gasteiger partial charge on any atom is -0.341 e. The maximum absolute atomic E-state index is 13.0. The van der Waals surface area contributed by atoms with Gasteiger partial charge in [-0.3, -0.25) is 9.59 Å². The minimum atomic E-state index is -0.320. The molecule has 4 N–H and O–H groups in total. The molecule has 3 aromatic carbocycles. The molecule has 4 amide bonds. The van der Waals surface area contributed by atoms with Gasteiger partial charge < -0.3 is 21.3 Å². The highest BCUT2D eigenvalue weighted by Crippen LogP contribution is 2.32. The average Bonchev–Trinajstić information content (AvgIpc) is 3.60. The maximum atomic E-state index is 13.0. The first kappa shape index (κ1) is 19.4. The van der Waals surface area contributed by atoms with Gasteiger partial charge in [-0.05, 0) is 60.0 Å². The summed E-state index contributed by atoms with van der Waals surface area (Å²) in [5, 5.41) is 12.8. The summed E-state index contributed by atoms with van der Waals surface area (Å²) in [5.41, 5.74) is 2.08. The SMILES string of the molecule is CNC(=O)Nc1ccc(NC(=O)c2cc3ccccc3cc2NC(=O)C2CC2)cc1. The molecule has 0 unspecified atom stereocenters. The summed E-state index contributed by atoms with van der Waals surface area (Å²) in [6.07, 6.45) is 1.77. The van der Waals surface area contributed by atoms with Crippen molar-refractivity contribution >= 4 is 45.7 Å². The molecule has 0 spiro atoms. The Morgan fingerprint density at radius 3 is 2.00 bits per heavy atom. The molecule has 30 heavy (non-hydrogen) atoms. The third kappa shape index (κ3) is 4.41. The largest absolute Gasteiger partial charge is 0.341 e. The first-order valence-corrected chi connectivity index (χ1v) is 9.77. The molecule has 0 bridgehead atoms. The van der Waals surface area contributed by atoms with Crippen LogP contribution >= 0.6 is 0 Å². The quantitative estimate of drug-likeness (QED) is 0.515. The van der Waals surface area contributed by atoms with Crippen molar-refractivity contribution in [3.8, 4) is 0 Å². The van der Waals surface area contributed by atoms with Gasteiger partial charge in [0.2, 0.25) is 5.91 Å². The molecule has 0 aromatic heterocycles. The van der Waals surface area contributed by atoms with E-state index in [1.165, 1.54) is 7.05 Å². The summed E-state index contributed by atoms with van der Waals surface area (Å²) in [6, 6.07) is 17.8. The number of hydrogen-bond acceptors (Lipinski definition) is 3. The predicted octanol–water partition coefficient (Wildman–Crippen LogP) is 4.19. The van der Waals surface area contributed by atoms with Gasteiger partial charge in [-0.25, -0.2) is 4.79 Å². The zero-order valence-corrected chi connectivity index (χ0v) is 16.5. The smallest absolute Gasteiger partial charge is 0.318 e. The summed E-state index contributed by atoms with van der Waals surface area (Å²) in [7, 11) is 1.53. The molecule has 0 heterocycles. The van der Waals surface area contributed by atoms with Crippen molar-refractivity contribution < 1.29 is 14.4 Å². The van der Waals surface area contributed by atoms with E-state index in [2.05, 4.69) is 21.3 Å². The Morgan fingerprint density at radius 1 is 0.800 bits per heavy atom. The number of hydrogen-bond donors (Lipinski definition) is 4. The molecule has 152 valence electrons. The molecule has 3 aromatic rings. The fourth-order valence-corrected chi connectivity index (χ4v) is 3.14. The van der Waals surface area contributed by atoms with Gasteiger partial charge in [0.1, 0.15) is 0 Å². The van der Waals surface area contributed by atoms with Crippen LogP contribution in [0.2, 0.25) is 0 Å². The van der Waals surface area contributed by atoms with Crippen LogP contribution in [0.4, 0.5) is 21.9 Å². The van der Waals surface area contributed by atoms with Gasteiger partial charge in [-0.1, -0.05) is 24.3 Å². The fourth-order valence-electron chi connectivity index (χ4n) is 3.14. The van der Waals surface area contributed by atoms with E-state index in [0.717, 1.165) is 23.6 Å². The summed E-state index contributed by atoms with van der Waals surface area (Å²) < 4.78 is 0. The Morgan fingerprint density at radius 2 is 1.40 bits per heavy atom. The van der Waals surface area contributed by atoms with Gasteiger partial charge in [-0.15, -0.1) is 0 Å². The van der Waals surface area contributed by atoms with Crippen molar-refractivity contribution in [1.29, 1.82) is 0 Å². The average molecular weight is 402 g/mol. The van der Waals surface area contributed by atoms with E-state index >= 15 is 0 Å². The van der Waals surface area contributed by atoms with E-state index in [9.17, 15) is 14.4 Å². The van der Waals surface area contributed by atoms with Gasteiger partial charge in [0.25, 0.3) is 5.91 Å². The van der Waals surface area contributed by atoms with Crippen molar-refractivity contribution in [2.24, 2.45) is 5.92 Å². The Bertz CT molecular complexity index is 1120. The number of carbonyl (C=O) groups excluding carboxylic acids is 3. The highest BCUT2D eigenvalue weighted by molar-refractivity contribution is 6.13. The molecule has 1 aliphatic carbocycles. The second kappa shape index (κ2) is 8.24. The molecule has 7 nitrogen and oxygen atoms in total. The van der Waals surface area contributed by atoms with Gasteiger partial charge in [-0.2, -0.15) is 0 Å². The van der Waals surface area contributed by atoms with Crippen molar-refractivity contribution in [1.82, 2.24) is 5.32 Å². The van der Waals surface area contributed by atoms with Crippen LogP contribution in [-0.4, -0.2) is 24.9 Å². The van der Waals surface area contributed by atoms with E-state index in [0.29, 0.717) is 22.6 Å². The van der Waals surface area contributed by atoms with Crippen molar-refractivity contribution in [2.75, 3.05) is 23.0 Å². The van der Waals surface area contributed by atoms with Crippen LogP contribution in [0.1, 0.15) is 23.2 Å². The lowest BCUT2D eigenvalue weighted by molar-refractivity contribution is -0.117. The van der Waals surface area contributed by atoms with Crippen molar-refractivity contribution in [3.05, 3.63) is 66.2 Å². The third-order valence-electron chi connectivity index (χ3n) is 4.96. The first-order valence-electron chi connectivity index (χ1n) is 9.77. The molecule has 4 rings (SSSR count).